The fourth-order valence-electron chi connectivity index (χ4n) is 3.99. The van der Waals surface area contributed by atoms with Crippen molar-refractivity contribution >= 4 is 28.3 Å². The van der Waals surface area contributed by atoms with Gasteiger partial charge in [-0.15, -0.1) is 0 Å². The third kappa shape index (κ3) is 3.11. The van der Waals surface area contributed by atoms with Gasteiger partial charge in [0, 0.05) is 38.4 Å². The SMILES string of the molecule is O=C(O)N1CCN([C@H]2C=C(c3[nH]c(=O)c4cccnc4c3[N+](=O)[O-])CC2)CC1. The Morgan fingerprint density at radius 2 is 2.07 bits per heavy atom. The predicted molar refractivity (Wildman–Crippen MR) is 101 cm³/mol. The molecule has 2 aromatic heterocycles. The maximum atomic E-state index is 12.4. The van der Waals surface area contributed by atoms with Crippen LogP contribution in [0.4, 0.5) is 10.5 Å². The fraction of sp³-hybridized carbons (Fsp3) is 0.389. The minimum atomic E-state index is -0.917. The van der Waals surface area contributed by atoms with Crippen LogP contribution in [0.25, 0.3) is 16.5 Å². The average Bonchev–Trinajstić information content (AvgIpc) is 3.18. The Morgan fingerprint density at radius 3 is 2.75 bits per heavy atom. The van der Waals surface area contributed by atoms with Gasteiger partial charge in [0.1, 0.15) is 5.69 Å². The summed E-state index contributed by atoms with van der Waals surface area (Å²) in [5.41, 5.74) is 0.446. The summed E-state index contributed by atoms with van der Waals surface area (Å²) in [5, 5.41) is 21.0. The molecular formula is C18H19N5O5. The van der Waals surface area contributed by atoms with Crippen molar-refractivity contribution in [3.63, 3.8) is 0 Å². The van der Waals surface area contributed by atoms with Crippen molar-refractivity contribution in [3.05, 3.63) is 50.6 Å². The van der Waals surface area contributed by atoms with Crippen LogP contribution in [-0.2, 0) is 0 Å². The highest BCUT2D eigenvalue weighted by molar-refractivity contribution is 5.91. The minimum absolute atomic E-state index is 0.0634. The summed E-state index contributed by atoms with van der Waals surface area (Å²) in [4.78, 5) is 45.0. The molecule has 0 aromatic carbocycles. The molecule has 146 valence electrons. The molecule has 2 aliphatic rings. The van der Waals surface area contributed by atoms with Gasteiger partial charge in [0.15, 0.2) is 5.52 Å². The molecule has 1 saturated heterocycles. The van der Waals surface area contributed by atoms with Gasteiger partial charge in [-0.2, -0.15) is 0 Å². The van der Waals surface area contributed by atoms with Gasteiger partial charge in [0.25, 0.3) is 5.56 Å². The molecule has 0 saturated carbocycles. The van der Waals surface area contributed by atoms with Crippen molar-refractivity contribution < 1.29 is 14.8 Å². The van der Waals surface area contributed by atoms with Crippen LogP contribution >= 0.6 is 0 Å². The lowest BCUT2D eigenvalue weighted by Gasteiger charge is -2.36. The number of pyridine rings is 2. The van der Waals surface area contributed by atoms with Crippen molar-refractivity contribution in [2.45, 2.75) is 18.9 Å². The zero-order valence-corrected chi connectivity index (χ0v) is 15.0. The van der Waals surface area contributed by atoms with E-state index in [1.54, 1.807) is 6.07 Å². The predicted octanol–water partition coefficient (Wildman–Crippen LogP) is 1.67. The molecule has 1 aliphatic heterocycles. The zero-order chi connectivity index (χ0) is 19.8. The van der Waals surface area contributed by atoms with Crippen LogP contribution in [0.3, 0.4) is 0 Å². The zero-order valence-electron chi connectivity index (χ0n) is 15.0. The molecule has 0 spiro atoms. The fourth-order valence-corrected chi connectivity index (χ4v) is 3.99. The molecule has 10 nitrogen and oxygen atoms in total. The number of nitrogens with one attached hydrogen (secondary N) is 1. The van der Waals surface area contributed by atoms with E-state index in [0.717, 1.165) is 12.0 Å². The molecule has 1 fully saturated rings. The number of rotatable bonds is 3. The number of fused-ring (bicyclic) bond motifs is 1. The first-order valence-corrected chi connectivity index (χ1v) is 9.04. The van der Waals surface area contributed by atoms with Gasteiger partial charge >= 0.3 is 11.8 Å². The van der Waals surface area contributed by atoms with Gasteiger partial charge in [0.2, 0.25) is 0 Å². The topological polar surface area (TPSA) is 133 Å². The van der Waals surface area contributed by atoms with E-state index in [4.69, 9.17) is 5.11 Å². The van der Waals surface area contributed by atoms with E-state index in [0.29, 0.717) is 32.6 Å². The van der Waals surface area contributed by atoms with Gasteiger partial charge in [-0.1, -0.05) is 6.08 Å². The summed E-state index contributed by atoms with van der Waals surface area (Å²) in [6.07, 6.45) is 3.83. The number of H-pyrrole nitrogens is 1. The lowest BCUT2D eigenvalue weighted by molar-refractivity contribution is -0.383. The van der Waals surface area contributed by atoms with Gasteiger partial charge < -0.3 is 15.0 Å². The molecule has 1 amide bonds. The summed E-state index contributed by atoms with van der Waals surface area (Å²) < 4.78 is 0. The lowest BCUT2D eigenvalue weighted by Crippen LogP contribution is -2.50. The largest absolute Gasteiger partial charge is 0.465 e. The number of amides is 1. The Balaban J connectivity index is 1.67. The molecule has 0 radical (unpaired) electrons. The maximum Gasteiger partial charge on any atom is 0.407 e. The van der Waals surface area contributed by atoms with E-state index in [9.17, 15) is 19.7 Å². The highest BCUT2D eigenvalue weighted by Crippen LogP contribution is 2.36. The van der Waals surface area contributed by atoms with Crippen LogP contribution < -0.4 is 5.56 Å². The third-order valence-corrected chi connectivity index (χ3v) is 5.41. The second-order valence-corrected chi connectivity index (χ2v) is 6.94. The first-order valence-electron chi connectivity index (χ1n) is 9.04. The Kier molecular flexibility index (Phi) is 4.55. The van der Waals surface area contributed by atoms with Gasteiger partial charge in [-0.05, 0) is 30.5 Å². The first-order chi connectivity index (χ1) is 13.5. The Bertz CT molecular complexity index is 1040. The number of hydrogen-bond acceptors (Lipinski definition) is 6. The number of carbonyl (C=O) groups is 1. The number of aromatic nitrogens is 2. The van der Waals surface area contributed by atoms with Crippen LogP contribution in [0, 0.1) is 10.1 Å². The summed E-state index contributed by atoms with van der Waals surface area (Å²) in [6, 6.07) is 3.15. The van der Waals surface area contributed by atoms with Crippen LogP contribution in [0.15, 0.2) is 29.2 Å². The number of nitrogens with zero attached hydrogens (tertiary/aromatic N) is 4. The minimum Gasteiger partial charge on any atom is -0.465 e. The number of allylic oxidation sites excluding steroid dienone is 1. The molecule has 0 unspecified atom stereocenters. The molecule has 2 N–H and O–H groups in total. The van der Waals surface area contributed by atoms with E-state index in [2.05, 4.69) is 14.9 Å². The summed E-state index contributed by atoms with van der Waals surface area (Å²) in [5.74, 6) is 0. The highest BCUT2D eigenvalue weighted by atomic mass is 16.6. The molecule has 10 heteroatoms. The smallest absolute Gasteiger partial charge is 0.407 e. The van der Waals surface area contributed by atoms with Gasteiger partial charge in [-0.3, -0.25) is 19.8 Å². The number of piperazine rings is 1. The third-order valence-electron chi connectivity index (χ3n) is 5.41. The van der Waals surface area contributed by atoms with Crippen LogP contribution in [0.5, 0.6) is 0 Å². The Hall–Kier alpha value is -3.27. The van der Waals surface area contributed by atoms with E-state index in [-0.39, 0.29) is 28.3 Å². The Morgan fingerprint density at radius 1 is 1.32 bits per heavy atom. The van der Waals surface area contributed by atoms with E-state index in [1.165, 1.54) is 17.2 Å². The second-order valence-electron chi connectivity index (χ2n) is 6.94. The molecule has 2 aromatic rings. The summed E-state index contributed by atoms with van der Waals surface area (Å²) >= 11 is 0. The van der Waals surface area contributed by atoms with E-state index < -0.39 is 16.6 Å². The second kappa shape index (κ2) is 7.04. The highest BCUT2D eigenvalue weighted by Gasteiger charge is 2.31. The van der Waals surface area contributed by atoms with Crippen molar-refractivity contribution in [2.75, 3.05) is 26.2 Å². The molecule has 28 heavy (non-hydrogen) atoms. The van der Waals surface area contributed by atoms with Crippen LogP contribution in [0.2, 0.25) is 0 Å². The van der Waals surface area contributed by atoms with Crippen molar-refractivity contribution in [1.29, 1.82) is 0 Å². The van der Waals surface area contributed by atoms with Crippen LogP contribution in [-0.4, -0.2) is 68.1 Å². The molecule has 1 aliphatic carbocycles. The van der Waals surface area contributed by atoms with Crippen molar-refractivity contribution in [3.8, 4) is 0 Å². The van der Waals surface area contributed by atoms with Crippen molar-refractivity contribution in [1.82, 2.24) is 19.8 Å². The maximum absolute atomic E-state index is 12.4. The molecule has 0 bridgehead atoms. The van der Waals surface area contributed by atoms with E-state index >= 15 is 0 Å². The average molecular weight is 385 g/mol. The first kappa shape index (κ1) is 18.1. The number of nitro groups is 1. The molecule has 4 rings (SSSR count). The van der Waals surface area contributed by atoms with Gasteiger partial charge in [-0.25, -0.2) is 9.78 Å². The number of aromatic amines is 1. The molecule has 3 heterocycles. The van der Waals surface area contributed by atoms with Crippen LogP contribution in [0.1, 0.15) is 18.5 Å². The summed E-state index contributed by atoms with van der Waals surface area (Å²) in [6.45, 7) is 2.09. The normalized spacial score (nSPS) is 20.4. The Labute approximate surface area is 159 Å². The quantitative estimate of drug-likeness (QED) is 0.606. The number of hydrogen-bond donors (Lipinski definition) is 2. The van der Waals surface area contributed by atoms with Gasteiger partial charge in [0.05, 0.1) is 10.3 Å². The standard InChI is InChI=1S/C18H19N5O5/c24-17-13-2-1-5-19-15(13)16(23(27)28)14(20-17)11-3-4-12(10-11)21-6-8-22(9-7-21)18(25)26/h1-2,5,10,12H,3-4,6-9H2,(H,20,24)(H,25,26)/t12-/m1/s1. The molecule has 1 atom stereocenters. The monoisotopic (exact) mass is 385 g/mol. The molecular weight excluding hydrogens is 366 g/mol. The van der Waals surface area contributed by atoms with E-state index in [1.807, 2.05) is 6.08 Å². The lowest BCUT2D eigenvalue weighted by atomic mass is 10.1. The number of carboxylic acid groups (broad SMARTS) is 1. The van der Waals surface area contributed by atoms with Crippen molar-refractivity contribution in [2.24, 2.45) is 0 Å². The summed E-state index contributed by atoms with van der Waals surface area (Å²) in [7, 11) is 0.